The summed E-state index contributed by atoms with van der Waals surface area (Å²) in [5.41, 5.74) is 0.510. The molecule has 0 unspecified atom stereocenters. The fourth-order valence-corrected chi connectivity index (χ4v) is 3.02. The SMILES string of the molecule is C[C@@H]1CN(C(=O)Nc2ccc(S(=O)(=O)Cl)cc2)C[C@@H](C)O1. The number of rotatable bonds is 2. The van der Waals surface area contributed by atoms with Crippen molar-refractivity contribution >= 4 is 31.5 Å². The molecule has 116 valence electrons. The number of urea groups is 1. The molecule has 1 aliphatic heterocycles. The van der Waals surface area contributed by atoms with Crippen LogP contribution in [0.3, 0.4) is 0 Å². The second-order valence-corrected chi connectivity index (χ2v) is 7.62. The molecule has 1 aromatic carbocycles. The van der Waals surface area contributed by atoms with Gasteiger partial charge in [0.05, 0.1) is 17.1 Å². The number of carbonyl (C=O) groups is 1. The average Bonchev–Trinajstić information content (AvgIpc) is 2.37. The molecule has 0 radical (unpaired) electrons. The normalized spacial score (nSPS) is 22.9. The van der Waals surface area contributed by atoms with Crippen LogP contribution in [0.2, 0.25) is 0 Å². The van der Waals surface area contributed by atoms with Crippen LogP contribution in [-0.2, 0) is 13.8 Å². The van der Waals surface area contributed by atoms with Gasteiger partial charge in [0.15, 0.2) is 0 Å². The zero-order chi connectivity index (χ0) is 15.6. The van der Waals surface area contributed by atoms with Crippen molar-refractivity contribution in [3.8, 4) is 0 Å². The van der Waals surface area contributed by atoms with Gasteiger partial charge in [-0.15, -0.1) is 0 Å². The van der Waals surface area contributed by atoms with E-state index in [1.807, 2.05) is 13.8 Å². The van der Waals surface area contributed by atoms with Gasteiger partial charge in [0.1, 0.15) is 0 Å². The Morgan fingerprint density at radius 2 is 1.76 bits per heavy atom. The van der Waals surface area contributed by atoms with Crippen LogP contribution < -0.4 is 5.32 Å². The number of anilines is 1. The van der Waals surface area contributed by atoms with Crippen molar-refractivity contribution in [1.29, 1.82) is 0 Å². The van der Waals surface area contributed by atoms with E-state index in [-0.39, 0.29) is 23.1 Å². The second-order valence-electron chi connectivity index (χ2n) is 5.05. The number of halogens is 1. The van der Waals surface area contributed by atoms with Crippen LogP contribution in [0.1, 0.15) is 13.8 Å². The van der Waals surface area contributed by atoms with E-state index in [1.54, 1.807) is 4.90 Å². The van der Waals surface area contributed by atoms with Crippen molar-refractivity contribution in [2.45, 2.75) is 31.0 Å². The van der Waals surface area contributed by atoms with Crippen LogP contribution in [-0.4, -0.2) is 44.6 Å². The summed E-state index contributed by atoms with van der Waals surface area (Å²) in [5, 5.41) is 2.72. The van der Waals surface area contributed by atoms with E-state index in [0.717, 1.165) is 0 Å². The van der Waals surface area contributed by atoms with Crippen molar-refractivity contribution in [3.63, 3.8) is 0 Å². The van der Waals surface area contributed by atoms with Crippen LogP contribution in [0.25, 0.3) is 0 Å². The lowest BCUT2D eigenvalue weighted by Gasteiger charge is -2.35. The first-order chi connectivity index (χ1) is 9.75. The number of benzene rings is 1. The zero-order valence-electron chi connectivity index (χ0n) is 11.7. The molecule has 1 aromatic rings. The Morgan fingerprint density at radius 3 is 2.24 bits per heavy atom. The summed E-state index contributed by atoms with van der Waals surface area (Å²) in [5.74, 6) is 0. The van der Waals surface area contributed by atoms with Crippen molar-refractivity contribution in [2.24, 2.45) is 0 Å². The molecule has 2 atom stereocenters. The Labute approximate surface area is 128 Å². The zero-order valence-corrected chi connectivity index (χ0v) is 13.3. The topological polar surface area (TPSA) is 75.7 Å². The van der Waals surface area contributed by atoms with Crippen molar-refractivity contribution in [3.05, 3.63) is 24.3 Å². The quantitative estimate of drug-likeness (QED) is 0.843. The standard InChI is InChI=1S/C13H17ClN2O4S/c1-9-7-16(8-10(2)20-9)13(17)15-11-3-5-12(6-4-11)21(14,18)19/h3-6,9-10H,7-8H2,1-2H3,(H,15,17)/t9-,10-/m1/s1. The van der Waals surface area contributed by atoms with Crippen LogP contribution >= 0.6 is 10.7 Å². The molecular weight excluding hydrogens is 316 g/mol. The number of nitrogens with one attached hydrogen (secondary N) is 1. The minimum atomic E-state index is -3.75. The maximum atomic E-state index is 12.2. The summed E-state index contributed by atoms with van der Waals surface area (Å²) in [6.45, 7) is 4.86. The Hall–Kier alpha value is -1.31. The first-order valence-corrected chi connectivity index (χ1v) is 8.83. The molecular formula is C13H17ClN2O4S. The van der Waals surface area contributed by atoms with Crippen LogP contribution in [0.4, 0.5) is 10.5 Å². The first-order valence-electron chi connectivity index (χ1n) is 6.52. The monoisotopic (exact) mass is 332 g/mol. The number of nitrogens with zero attached hydrogens (tertiary/aromatic N) is 1. The number of hydrogen-bond donors (Lipinski definition) is 1. The first kappa shape index (κ1) is 16.1. The van der Waals surface area contributed by atoms with Crippen LogP contribution in [0.5, 0.6) is 0 Å². The van der Waals surface area contributed by atoms with E-state index in [4.69, 9.17) is 15.4 Å². The highest BCUT2D eigenvalue weighted by atomic mass is 35.7. The van der Waals surface area contributed by atoms with Crippen LogP contribution in [0.15, 0.2) is 29.2 Å². The number of amides is 2. The summed E-state index contributed by atoms with van der Waals surface area (Å²) in [7, 11) is 1.48. The molecule has 6 nitrogen and oxygen atoms in total. The molecule has 0 aliphatic carbocycles. The van der Waals surface area contributed by atoms with Gasteiger partial charge in [0, 0.05) is 29.5 Å². The van der Waals surface area contributed by atoms with Gasteiger partial charge in [-0.1, -0.05) is 0 Å². The predicted octanol–water partition coefficient (Wildman–Crippen LogP) is 2.26. The fraction of sp³-hybridized carbons (Fsp3) is 0.462. The summed E-state index contributed by atoms with van der Waals surface area (Å²) in [6.07, 6.45) is -0.0217. The van der Waals surface area contributed by atoms with Crippen molar-refractivity contribution in [2.75, 3.05) is 18.4 Å². The Bertz CT molecular complexity index is 608. The van der Waals surface area contributed by atoms with Gasteiger partial charge >= 0.3 is 6.03 Å². The van der Waals surface area contributed by atoms with Crippen molar-refractivity contribution in [1.82, 2.24) is 4.90 Å². The Balaban J connectivity index is 2.03. The molecule has 1 N–H and O–H groups in total. The molecule has 0 aromatic heterocycles. The van der Waals surface area contributed by atoms with Gasteiger partial charge in [-0.2, -0.15) is 0 Å². The number of carbonyl (C=O) groups excluding carboxylic acids is 1. The van der Waals surface area contributed by atoms with E-state index in [9.17, 15) is 13.2 Å². The highest BCUT2D eigenvalue weighted by molar-refractivity contribution is 8.13. The molecule has 2 rings (SSSR count). The second kappa shape index (κ2) is 6.21. The van der Waals surface area contributed by atoms with Gasteiger partial charge in [-0.25, -0.2) is 13.2 Å². The summed E-state index contributed by atoms with van der Waals surface area (Å²) in [4.78, 5) is 13.8. The summed E-state index contributed by atoms with van der Waals surface area (Å²) < 4.78 is 27.9. The van der Waals surface area contributed by atoms with E-state index in [2.05, 4.69) is 5.32 Å². The lowest BCUT2D eigenvalue weighted by molar-refractivity contribution is -0.0530. The Kier molecular flexibility index (Phi) is 4.75. The minimum Gasteiger partial charge on any atom is -0.372 e. The molecule has 2 amide bonds. The van der Waals surface area contributed by atoms with Crippen molar-refractivity contribution < 1.29 is 17.9 Å². The van der Waals surface area contributed by atoms with E-state index in [0.29, 0.717) is 18.8 Å². The van der Waals surface area contributed by atoms with E-state index >= 15 is 0 Å². The average molecular weight is 333 g/mol. The highest BCUT2D eigenvalue weighted by Crippen LogP contribution is 2.18. The lowest BCUT2D eigenvalue weighted by Crippen LogP contribution is -2.49. The summed E-state index contributed by atoms with van der Waals surface area (Å²) >= 11 is 0. The molecule has 1 saturated heterocycles. The third-order valence-corrected chi connectivity index (χ3v) is 4.46. The highest BCUT2D eigenvalue weighted by Gasteiger charge is 2.25. The molecule has 21 heavy (non-hydrogen) atoms. The third kappa shape index (κ3) is 4.33. The number of hydrogen-bond acceptors (Lipinski definition) is 4. The molecule has 0 spiro atoms. The molecule has 1 aliphatic rings. The van der Waals surface area contributed by atoms with E-state index in [1.165, 1.54) is 24.3 Å². The number of morpholine rings is 1. The molecule has 0 saturated carbocycles. The maximum absolute atomic E-state index is 12.2. The van der Waals surface area contributed by atoms with Gasteiger partial charge in [0.25, 0.3) is 9.05 Å². The van der Waals surface area contributed by atoms with Gasteiger partial charge in [0.2, 0.25) is 0 Å². The minimum absolute atomic E-state index is 0.00391. The Morgan fingerprint density at radius 1 is 1.24 bits per heavy atom. The summed E-state index contributed by atoms with van der Waals surface area (Å²) in [6, 6.07) is 5.46. The maximum Gasteiger partial charge on any atom is 0.322 e. The fourth-order valence-electron chi connectivity index (χ4n) is 2.25. The predicted molar refractivity (Wildman–Crippen MR) is 80.1 cm³/mol. The van der Waals surface area contributed by atoms with Crippen LogP contribution in [0, 0.1) is 0 Å². The molecule has 8 heteroatoms. The largest absolute Gasteiger partial charge is 0.372 e. The smallest absolute Gasteiger partial charge is 0.322 e. The van der Waals surface area contributed by atoms with Gasteiger partial charge < -0.3 is 15.0 Å². The van der Waals surface area contributed by atoms with Gasteiger partial charge in [-0.05, 0) is 38.1 Å². The lowest BCUT2D eigenvalue weighted by atomic mass is 10.2. The third-order valence-electron chi connectivity index (χ3n) is 3.09. The number of ether oxygens (including phenoxy) is 1. The molecule has 1 heterocycles. The molecule has 1 fully saturated rings. The van der Waals surface area contributed by atoms with Gasteiger partial charge in [-0.3, -0.25) is 0 Å². The van der Waals surface area contributed by atoms with E-state index < -0.39 is 9.05 Å². The molecule has 0 bridgehead atoms.